The van der Waals surface area contributed by atoms with Gasteiger partial charge in [0.25, 0.3) is 5.56 Å². The quantitative estimate of drug-likeness (QED) is 0.272. The minimum absolute atomic E-state index is 0.0623. The average molecular weight is 474 g/mol. The fourth-order valence-corrected chi connectivity index (χ4v) is 4.64. The molecule has 0 amide bonds. The fourth-order valence-electron chi connectivity index (χ4n) is 4.64. The van der Waals surface area contributed by atoms with Crippen LogP contribution in [0.25, 0.3) is 10.9 Å². The van der Waals surface area contributed by atoms with Gasteiger partial charge in [0, 0.05) is 11.5 Å². The van der Waals surface area contributed by atoms with E-state index in [1.807, 2.05) is 49.4 Å². The number of nitrogens with zero attached hydrogens (tertiary/aromatic N) is 3. The van der Waals surface area contributed by atoms with Crippen LogP contribution in [0, 0.1) is 0 Å². The maximum atomic E-state index is 13.5. The van der Waals surface area contributed by atoms with Crippen molar-refractivity contribution in [3.8, 4) is 11.5 Å². The molecule has 0 N–H and O–H groups in total. The first-order valence-electron chi connectivity index (χ1n) is 12.6. The van der Waals surface area contributed by atoms with Crippen molar-refractivity contribution in [3.05, 3.63) is 76.4 Å². The number of hydrogen-bond donors (Lipinski definition) is 0. The summed E-state index contributed by atoms with van der Waals surface area (Å²) in [5, 5.41) is 5.25. The van der Waals surface area contributed by atoms with Gasteiger partial charge in [-0.1, -0.05) is 44.4 Å². The molecule has 0 unspecified atom stereocenters. The monoisotopic (exact) mass is 473 g/mol. The number of methoxy groups -OCH3 is 1. The molecule has 1 saturated carbocycles. The molecule has 1 heterocycles. The lowest BCUT2D eigenvalue weighted by atomic mass is 9.88. The summed E-state index contributed by atoms with van der Waals surface area (Å²) in [6, 6.07) is 11.4. The largest absolute Gasteiger partial charge is 0.493 e. The molecule has 184 valence electrons. The van der Waals surface area contributed by atoms with Gasteiger partial charge in [-0.2, -0.15) is 9.78 Å². The summed E-state index contributed by atoms with van der Waals surface area (Å²) in [6.45, 7) is 8.02. The Morgan fingerprint density at radius 2 is 2.00 bits per heavy atom. The second kappa shape index (κ2) is 11.3. The van der Waals surface area contributed by atoms with Crippen LogP contribution < -0.4 is 15.0 Å². The zero-order chi connectivity index (χ0) is 24.8. The van der Waals surface area contributed by atoms with Gasteiger partial charge >= 0.3 is 0 Å². The predicted octanol–water partition coefficient (Wildman–Crippen LogP) is 6.24. The Morgan fingerprint density at radius 1 is 1.23 bits per heavy atom. The van der Waals surface area contributed by atoms with Crippen LogP contribution in [0.5, 0.6) is 11.5 Å². The van der Waals surface area contributed by atoms with Crippen molar-refractivity contribution in [1.82, 2.24) is 9.66 Å². The molecule has 1 aromatic heterocycles. The SMILES string of the molecule is C=CCc1cc(C=Nn2c(C3CCCCC3)nc3ccccc3c2=O)cc(OC)c1O[C@H](C)CC. The predicted molar refractivity (Wildman–Crippen MR) is 142 cm³/mol. The number of ether oxygens (including phenoxy) is 2. The van der Waals surface area contributed by atoms with E-state index in [1.54, 1.807) is 13.3 Å². The van der Waals surface area contributed by atoms with Crippen LogP contribution in [0.3, 0.4) is 0 Å². The maximum Gasteiger partial charge on any atom is 0.282 e. The van der Waals surface area contributed by atoms with Crippen molar-refractivity contribution < 1.29 is 9.47 Å². The Hall–Kier alpha value is -3.41. The Kier molecular flexibility index (Phi) is 8.01. The molecule has 6 nitrogen and oxygen atoms in total. The summed E-state index contributed by atoms with van der Waals surface area (Å²) in [7, 11) is 1.64. The van der Waals surface area contributed by atoms with Gasteiger partial charge in [-0.05, 0) is 62.4 Å². The smallest absolute Gasteiger partial charge is 0.282 e. The van der Waals surface area contributed by atoms with Crippen LogP contribution in [-0.4, -0.2) is 29.1 Å². The van der Waals surface area contributed by atoms with Gasteiger partial charge in [0.2, 0.25) is 0 Å². The molecule has 1 fully saturated rings. The second-order valence-corrected chi connectivity index (χ2v) is 9.22. The third-order valence-corrected chi connectivity index (χ3v) is 6.70. The second-order valence-electron chi connectivity index (χ2n) is 9.22. The van der Waals surface area contributed by atoms with Gasteiger partial charge in [0.15, 0.2) is 11.5 Å². The lowest BCUT2D eigenvalue weighted by Gasteiger charge is -2.22. The number of allylic oxidation sites excluding steroid dienone is 1. The summed E-state index contributed by atoms with van der Waals surface area (Å²) < 4.78 is 13.3. The molecule has 4 rings (SSSR count). The normalized spacial score (nSPS) is 15.4. The zero-order valence-corrected chi connectivity index (χ0v) is 21.0. The Bertz CT molecular complexity index is 1270. The molecule has 1 aliphatic rings. The topological polar surface area (TPSA) is 65.7 Å². The molecule has 1 aliphatic carbocycles. The molecule has 0 saturated heterocycles. The lowest BCUT2D eigenvalue weighted by Crippen LogP contribution is -2.25. The van der Waals surface area contributed by atoms with E-state index in [4.69, 9.17) is 14.5 Å². The molecule has 0 bridgehead atoms. The zero-order valence-electron chi connectivity index (χ0n) is 21.0. The molecular formula is C29H35N3O3. The number of hydrogen-bond acceptors (Lipinski definition) is 5. The Balaban J connectivity index is 1.80. The first-order valence-corrected chi connectivity index (χ1v) is 12.6. The van der Waals surface area contributed by atoms with E-state index in [0.29, 0.717) is 17.6 Å². The third-order valence-electron chi connectivity index (χ3n) is 6.70. The summed E-state index contributed by atoms with van der Waals surface area (Å²) in [4.78, 5) is 18.4. The van der Waals surface area contributed by atoms with Crippen LogP contribution in [0.2, 0.25) is 0 Å². The van der Waals surface area contributed by atoms with E-state index in [1.165, 1.54) is 11.1 Å². The first-order chi connectivity index (χ1) is 17.0. The molecule has 3 aromatic rings. The molecule has 2 aromatic carbocycles. The number of benzene rings is 2. The van der Waals surface area contributed by atoms with Gasteiger partial charge in [-0.15, -0.1) is 6.58 Å². The van der Waals surface area contributed by atoms with E-state index >= 15 is 0 Å². The summed E-state index contributed by atoms with van der Waals surface area (Å²) in [5.74, 6) is 2.35. The number of aromatic nitrogens is 2. The van der Waals surface area contributed by atoms with Crippen LogP contribution in [0.15, 0.2) is 58.9 Å². The first kappa shape index (κ1) is 24.7. The van der Waals surface area contributed by atoms with Gasteiger partial charge in [-0.3, -0.25) is 4.79 Å². The van der Waals surface area contributed by atoms with Gasteiger partial charge in [-0.25, -0.2) is 4.98 Å². The Morgan fingerprint density at radius 3 is 2.71 bits per heavy atom. The van der Waals surface area contributed by atoms with E-state index in [0.717, 1.165) is 60.3 Å². The van der Waals surface area contributed by atoms with Crippen LogP contribution >= 0.6 is 0 Å². The number of fused-ring (bicyclic) bond motifs is 1. The van der Waals surface area contributed by atoms with Gasteiger partial charge in [0.05, 0.1) is 30.3 Å². The van der Waals surface area contributed by atoms with Crippen molar-refractivity contribution in [1.29, 1.82) is 0 Å². The van der Waals surface area contributed by atoms with E-state index in [-0.39, 0.29) is 17.6 Å². The minimum Gasteiger partial charge on any atom is -0.493 e. The van der Waals surface area contributed by atoms with Crippen LogP contribution in [0.4, 0.5) is 0 Å². The molecular weight excluding hydrogens is 438 g/mol. The van der Waals surface area contributed by atoms with Gasteiger partial charge < -0.3 is 9.47 Å². The minimum atomic E-state index is -0.137. The third kappa shape index (κ3) is 5.47. The highest BCUT2D eigenvalue weighted by Crippen LogP contribution is 2.35. The van der Waals surface area contributed by atoms with E-state index in [9.17, 15) is 4.79 Å². The molecule has 0 spiro atoms. The van der Waals surface area contributed by atoms with Gasteiger partial charge in [0.1, 0.15) is 5.82 Å². The van der Waals surface area contributed by atoms with Crippen LogP contribution in [-0.2, 0) is 6.42 Å². The highest BCUT2D eigenvalue weighted by molar-refractivity contribution is 5.82. The number of rotatable bonds is 9. The van der Waals surface area contributed by atoms with E-state index in [2.05, 4.69) is 18.6 Å². The molecule has 1 atom stereocenters. The molecule has 0 radical (unpaired) electrons. The highest BCUT2D eigenvalue weighted by Gasteiger charge is 2.22. The maximum absolute atomic E-state index is 13.5. The van der Waals surface area contributed by atoms with Crippen LogP contribution in [0.1, 0.15) is 75.2 Å². The average Bonchev–Trinajstić information content (AvgIpc) is 2.89. The lowest BCUT2D eigenvalue weighted by molar-refractivity contribution is 0.206. The highest BCUT2D eigenvalue weighted by atomic mass is 16.5. The standard InChI is InChI=1S/C29H35N3O3/c1-5-12-23-17-21(18-26(34-4)27(23)35-20(3)6-2)19-30-32-28(22-13-8-7-9-14-22)31-25-16-11-10-15-24(25)29(32)33/h5,10-11,15-20,22H,1,6-9,12-14H2,2-4H3/t20-/m1/s1. The molecule has 35 heavy (non-hydrogen) atoms. The van der Waals surface area contributed by atoms with Crippen molar-refractivity contribution in [2.45, 2.75) is 70.8 Å². The summed E-state index contributed by atoms with van der Waals surface area (Å²) >= 11 is 0. The van der Waals surface area contributed by atoms with Crippen molar-refractivity contribution in [3.63, 3.8) is 0 Å². The summed E-state index contributed by atoms with van der Waals surface area (Å²) in [6.07, 6.45) is 10.7. The van der Waals surface area contributed by atoms with E-state index < -0.39 is 0 Å². The fraction of sp³-hybridized carbons (Fsp3) is 0.414. The van der Waals surface area contributed by atoms with Crippen molar-refractivity contribution in [2.24, 2.45) is 5.10 Å². The molecule has 6 heteroatoms. The van der Waals surface area contributed by atoms with Crippen molar-refractivity contribution in [2.75, 3.05) is 7.11 Å². The number of para-hydroxylation sites is 1. The van der Waals surface area contributed by atoms with Crippen molar-refractivity contribution >= 4 is 17.1 Å². The Labute approximate surface area is 207 Å². The summed E-state index contributed by atoms with van der Waals surface area (Å²) in [5.41, 5.74) is 2.39. The molecule has 0 aliphatic heterocycles.